The summed E-state index contributed by atoms with van der Waals surface area (Å²) in [6.45, 7) is 4.45. The van der Waals surface area contributed by atoms with Gasteiger partial charge in [0.1, 0.15) is 0 Å². The highest BCUT2D eigenvalue weighted by Gasteiger charge is 2.19. The maximum absolute atomic E-state index is 12.1. The number of nitrogens with one attached hydrogen (secondary N) is 1. The summed E-state index contributed by atoms with van der Waals surface area (Å²) in [4.78, 5) is 14.6. The van der Waals surface area contributed by atoms with E-state index in [0.717, 1.165) is 44.5 Å². The molecule has 156 valence electrons. The molecule has 5 heteroatoms. The molecule has 2 aromatic carbocycles. The van der Waals surface area contributed by atoms with Crippen molar-refractivity contribution < 1.29 is 9.53 Å². The molecule has 2 aromatic rings. The molecule has 1 heterocycles. The standard InChI is InChI=1S/C24H33N3O2/c25-23(18-20-8-3-1-4-9-20)24(28)26-14-7-17-29-22-12-15-27(16-13-22)19-21-10-5-2-6-11-21/h1-6,8-11,22-23H,7,12-19,25H2,(H,26,28). The Morgan fingerprint density at radius 1 is 1.03 bits per heavy atom. The van der Waals surface area contributed by atoms with Crippen LogP contribution >= 0.6 is 0 Å². The van der Waals surface area contributed by atoms with Gasteiger partial charge in [-0.1, -0.05) is 60.7 Å². The zero-order valence-corrected chi connectivity index (χ0v) is 17.1. The monoisotopic (exact) mass is 395 g/mol. The van der Waals surface area contributed by atoms with Crippen molar-refractivity contribution in [1.82, 2.24) is 10.2 Å². The zero-order chi connectivity index (χ0) is 20.3. The van der Waals surface area contributed by atoms with Gasteiger partial charge < -0.3 is 15.8 Å². The van der Waals surface area contributed by atoms with E-state index in [-0.39, 0.29) is 5.91 Å². The lowest BCUT2D eigenvalue weighted by Gasteiger charge is -2.32. The number of benzene rings is 2. The largest absolute Gasteiger partial charge is 0.378 e. The van der Waals surface area contributed by atoms with Gasteiger partial charge >= 0.3 is 0 Å². The van der Waals surface area contributed by atoms with Crippen LogP contribution in [-0.4, -0.2) is 49.2 Å². The Morgan fingerprint density at radius 3 is 2.31 bits per heavy atom. The predicted octanol–water partition coefficient (Wildman–Crippen LogP) is 2.74. The molecule has 1 atom stereocenters. The topological polar surface area (TPSA) is 67.6 Å². The van der Waals surface area contributed by atoms with E-state index >= 15 is 0 Å². The summed E-state index contributed by atoms with van der Waals surface area (Å²) in [7, 11) is 0. The van der Waals surface area contributed by atoms with Crippen molar-refractivity contribution in [3.8, 4) is 0 Å². The Morgan fingerprint density at radius 2 is 1.66 bits per heavy atom. The van der Waals surface area contributed by atoms with Gasteiger partial charge in [-0.3, -0.25) is 9.69 Å². The van der Waals surface area contributed by atoms with Crippen LogP contribution in [0.1, 0.15) is 30.4 Å². The number of hydrogen-bond acceptors (Lipinski definition) is 4. The van der Waals surface area contributed by atoms with Crippen LogP contribution in [-0.2, 0) is 22.5 Å². The second-order valence-electron chi connectivity index (χ2n) is 7.77. The van der Waals surface area contributed by atoms with Gasteiger partial charge in [0.05, 0.1) is 12.1 Å². The minimum atomic E-state index is -0.507. The molecular formula is C24H33N3O2. The number of piperidine rings is 1. The minimum Gasteiger partial charge on any atom is -0.378 e. The average molecular weight is 396 g/mol. The van der Waals surface area contributed by atoms with E-state index < -0.39 is 6.04 Å². The first-order chi connectivity index (χ1) is 14.2. The molecule has 3 N–H and O–H groups in total. The Bertz CT molecular complexity index is 715. The number of rotatable bonds is 10. The number of hydrogen-bond donors (Lipinski definition) is 2. The maximum atomic E-state index is 12.1. The Labute approximate surface area is 174 Å². The van der Waals surface area contributed by atoms with Crippen LogP contribution in [0.2, 0.25) is 0 Å². The van der Waals surface area contributed by atoms with Gasteiger partial charge in [0, 0.05) is 32.8 Å². The molecule has 0 aliphatic carbocycles. The molecule has 5 nitrogen and oxygen atoms in total. The van der Waals surface area contributed by atoms with Crippen molar-refractivity contribution in [3.05, 3.63) is 71.8 Å². The Hall–Kier alpha value is -2.21. The summed E-state index contributed by atoms with van der Waals surface area (Å²) >= 11 is 0. The third-order valence-electron chi connectivity index (χ3n) is 5.39. The number of nitrogens with two attached hydrogens (primary N) is 1. The molecular weight excluding hydrogens is 362 g/mol. The van der Waals surface area contributed by atoms with Gasteiger partial charge in [0.25, 0.3) is 0 Å². The fourth-order valence-corrected chi connectivity index (χ4v) is 3.70. The van der Waals surface area contributed by atoms with E-state index in [1.54, 1.807) is 0 Å². The van der Waals surface area contributed by atoms with Gasteiger partial charge in [-0.2, -0.15) is 0 Å². The van der Waals surface area contributed by atoms with Crippen molar-refractivity contribution in [2.24, 2.45) is 5.73 Å². The number of amides is 1. The van der Waals surface area contributed by atoms with Gasteiger partial charge in [-0.25, -0.2) is 0 Å². The molecule has 3 rings (SSSR count). The highest BCUT2D eigenvalue weighted by Crippen LogP contribution is 2.16. The van der Waals surface area contributed by atoms with E-state index in [4.69, 9.17) is 10.5 Å². The summed E-state index contributed by atoms with van der Waals surface area (Å²) < 4.78 is 6.01. The Kier molecular flexibility index (Phi) is 8.68. The van der Waals surface area contributed by atoms with Gasteiger partial charge in [0.2, 0.25) is 5.91 Å². The fraction of sp³-hybridized carbons (Fsp3) is 0.458. The van der Waals surface area contributed by atoms with Gasteiger partial charge in [-0.15, -0.1) is 0 Å². The van der Waals surface area contributed by atoms with Crippen LogP contribution in [0, 0.1) is 0 Å². The lowest BCUT2D eigenvalue weighted by Crippen LogP contribution is -2.42. The normalized spacial score (nSPS) is 16.4. The number of carbonyl (C=O) groups excluding carboxylic acids is 1. The number of likely N-dealkylation sites (tertiary alicyclic amines) is 1. The van der Waals surface area contributed by atoms with Crippen molar-refractivity contribution in [2.75, 3.05) is 26.2 Å². The highest BCUT2D eigenvalue weighted by atomic mass is 16.5. The van der Waals surface area contributed by atoms with Crippen LogP contribution in [0.4, 0.5) is 0 Å². The van der Waals surface area contributed by atoms with Crippen molar-refractivity contribution in [1.29, 1.82) is 0 Å². The summed E-state index contributed by atoms with van der Waals surface area (Å²) in [6, 6.07) is 20.0. The lowest BCUT2D eigenvalue weighted by molar-refractivity contribution is -0.122. The van der Waals surface area contributed by atoms with E-state index in [0.29, 0.717) is 25.7 Å². The number of ether oxygens (including phenoxy) is 1. The zero-order valence-electron chi connectivity index (χ0n) is 17.1. The molecule has 1 fully saturated rings. The summed E-state index contributed by atoms with van der Waals surface area (Å²) in [5.41, 5.74) is 8.45. The average Bonchev–Trinajstić information content (AvgIpc) is 2.76. The van der Waals surface area contributed by atoms with Crippen LogP contribution in [0.3, 0.4) is 0 Å². The summed E-state index contributed by atoms with van der Waals surface area (Å²) in [5, 5.41) is 2.92. The fourth-order valence-electron chi connectivity index (χ4n) is 3.70. The quantitative estimate of drug-likeness (QED) is 0.607. The molecule has 0 saturated carbocycles. The number of nitrogens with zero attached hydrogens (tertiary/aromatic N) is 1. The Balaban J connectivity index is 1.23. The molecule has 1 unspecified atom stereocenters. The molecule has 29 heavy (non-hydrogen) atoms. The van der Waals surface area contributed by atoms with Crippen LogP contribution < -0.4 is 11.1 Å². The predicted molar refractivity (Wildman–Crippen MR) is 116 cm³/mol. The van der Waals surface area contributed by atoms with Crippen LogP contribution in [0.15, 0.2) is 60.7 Å². The first kappa shape index (κ1) is 21.5. The van der Waals surface area contributed by atoms with Gasteiger partial charge in [-0.05, 0) is 36.8 Å². The maximum Gasteiger partial charge on any atom is 0.237 e. The van der Waals surface area contributed by atoms with Crippen molar-refractivity contribution >= 4 is 5.91 Å². The van der Waals surface area contributed by atoms with Gasteiger partial charge in [0.15, 0.2) is 0 Å². The van der Waals surface area contributed by atoms with E-state index in [1.165, 1.54) is 5.56 Å². The molecule has 1 saturated heterocycles. The smallest absolute Gasteiger partial charge is 0.237 e. The van der Waals surface area contributed by atoms with E-state index in [2.05, 4.69) is 40.5 Å². The second-order valence-corrected chi connectivity index (χ2v) is 7.77. The molecule has 1 amide bonds. The lowest BCUT2D eigenvalue weighted by atomic mass is 10.1. The van der Waals surface area contributed by atoms with Crippen molar-refractivity contribution in [3.63, 3.8) is 0 Å². The molecule has 0 spiro atoms. The third-order valence-corrected chi connectivity index (χ3v) is 5.39. The molecule has 0 radical (unpaired) electrons. The molecule has 1 aliphatic heterocycles. The van der Waals surface area contributed by atoms with E-state index in [9.17, 15) is 4.79 Å². The second kappa shape index (κ2) is 11.7. The highest BCUT2D eigenvalue weighted by molar-refractivity contribution is 5.81. The molecule has 0 aromatic heterocycles. The first-order valence-electron chi connectivity index (χ1n) is 10.7. The summed E-state index contributed by atoms with van der Waals surface area (Å²) in [6.07, 6.45) is 3.85. The van der Waals surface area contributed by atoms with Crippen molar-refractivity contribution in [2.45, 2.75) is 44.4 Å². The summed E-state index contributed by atoms with van der Waals surface area (Å²) in [5.74, 6) is -0.0944. The third kappa shape index (κ3) is 7.61. The first-order valence-corrected chi connectivity index (χ1v) is 10.7. The minimum absolute atomic E-state index is 0.0944. The number of carbonyl (C=O) groups is 1. The molecule has 0 bridgehead atoms. The van der Waals surface area contributed by atoms with E-state index in [1.807, 2.05) is 30.3 Å². The molecule has 1 aliphatic rings. The van der Waals surface area contributed by atoms with Crippen LogP contribution in [0.5, 0.6) is 0 Å². The SMILES string of the molecule is NC(Cc1ccccc1)C(=O)NCCCOC1CCN(Cc2ccccc2)CC1. The van der Waals surface area contributed by atoms with Crippen LogP contribution in [0.25, 0.3) is 0 Å².